The molecule has 0 radical (unpaired) electrons. The number of imidazole rings is 1. The Morgan fingerprint density at radius 2 is 2.07 bits per heavy atom. The molecular weight excluding hydrogens is 407 g/mol. The van der Waals surface area contributed by atoms with Crippen molar-refractivity contribution in [3.8, 4) is 5.82 Å². The number of aromatic nitrogens is 3. The minimum Gasteiger partial charge on any atom is -0.357 e. The van der Waals surface area contributed by atoms with Gasteiger partial charge in [0.2, 0.25) is 0 Å². The third-order valence-corrected chi connectivity index (χ3v) is 4.86. The molecule has 0 spiro atoms. The molecule has 0 aliphatic heterocycles. The van der Waals surface area contributed by atoms with E-state index in [0.717, 1.165) is 48.8 Å². The first-order valence-electron chi connectivity index (χ1n) is 9.55. The minimum absolute atomic E-state index is 0.551. The molecule has 2 heterocycles. The van der Waals surface area contributed by atoms with Crippen molar-refractivity contribution in [3.63, 3.8) is 0 Å². The van der Waals surface area contributed by atoms with Crippen LogP contribution >= 0.6 is 23.2 Å². The summed E-state index contributed by atoms with van der Waals surface area (Å²) in [5, 5.41) is 8.00. The molecule has 29 heavy (non-hydrogen) atoms. The molecule has 0 aliphatic carbocycles. The van der Waals surface area contributed by atoms with E-state index >= 15 is 0 Å². The zero-order valence-corrected chi connectivity index (χ0v) is 17.8. The van der Waals surface area contributed by atoms with E-state index in [1.807, 2.05) is 48.1 Å². The second kappa shape index (κ2) is 10.8. The van der Waals surface area contributed by atoms with Gasteiger partial charge in [-0.3, -0.25) is 4.57 Å². The van der Waals surface area contributed by atoms with Crippen LogP contribution in [0.1, 0.15) is 24.5 Å². The Bertz CT molecular complexity index is 923. The van der Waals surface area contributed by atoms with Crippen LogP contribution < -0.4 is 10.6 Å². The number of halogens is 2. The Labute approximate surface area is 181 Å². The maximum Gasteiger partial charge on any atom is 0.191 e. The molecule has 0 aliphatic rings. The highest BCUT2D eigenvalue weighted by Crippen LogP contribution is 2.21. The lowest BCUT2D eigenvalue weighted by atomic mass is 10.1. The number of pyridine rings is 1. The maximum absolute atomic E-state index is 6.23. The van der Waals surface area contributed by atoms with Gasteiger partial charge in [-0.05, 0) is 49.1 Å². The standard InChI is InChI=1S/C21H24Cl2N6/c1-2-25-21(26-9-3-4-17-6-7-18(22)12-19(17)23)28-14-16-5-8-20(27-13-16)29-11-10-24-15-29/h5-8,10-13,15H,2-4,9,14H2,1H3,(H2,25,26,28). The topological polar surface area (TPSA) is 67.1 Å². The summed E-state index contributed by atoms with van der Waals surface area (Å²) in [6, 6.07) is 9.61. The fraction of sp³-hybridized carbons (Fsp3) is 0.286. The summed E-state index contributed by atoms with van der Waals surface area (Å²) in [6.07, 6.45) is 8.98. The van der Waals surface area contributed by atoms with Crippen LogP contribution in [-0.2, 0) is 13.0 Å². The van der Waals surface area contributed by atoms with E-state index in [4.69, 9.17) is 23.2 Å². The maximum atomic E-state index is 6.23. The van der Waals surface area contributed by atoms with Crippen LogP contribution in [0.3, 0.4) is 0 Å². The van der Waals surface area contributed by atoms with Crippen LogP contribution in [0, 0.1) is 0 Å². The predicted molar refractivity (Wildman–Crippen MR) is 119 cm³/mol. The van der Waals surface area contributed by atoms with Crippen LogP contribution in [0.4, 0.5) is 0 Å². The number of benzene rings is 1. The van der Waals surface area contributed by atoms with Crippen LogP contribution in [0.5, 0.6) is 0 Å². The van der Waals surface area contributed by atoms with Gasteiger partial charge in [0.1, 0.15) is 12.1 Å². The van der Waals surface area contributed by atoms with Crippen molar-refractivity contribution in [2.24, 2.45) is 4.99 Å². The summed E-state index contributed by atoms with van der Waals surface area (Å²) in [5.41, 5.74) is 2.14. The van der Waals surface area contributed by atoms with Crippen molar-refractivity contribution < 1.29 is 0 Å². The fourth-order valence-corrected chi connectivity index (χ4v) is 3.28. The van der Waals surface area contributed by atoms with E-state index in [9.17, 15) is 0 Å². The number of guanidine groups is 1. The first kappa shape index (κ1) is 21.1. The highest BCUT2D eigenvalue weighted by molar-refractivity contribution is 6.35. The summed E-state index contributed by atoms with van der Waals surface area (Å²) in [6.45, 7) is 4.19. The SMILES string of the molecule is CCNC(=NCc1ccc(-n2ccnc2)nc1)NCCCc1ccc(Cl)cc1Cl. The van der Waals surface area contributed by atoms with Crippen LogP contribution in [0.2, 0.25) is 10.0 Å². The van der Waals surface area contributed by atoms with Crippen molar-refractivity contribution in [1.29, 1.82) is 0 Å². The Balaban J connectivity index is 1.50. The van der Waals surface area contributed by atoms with Crippen molar-refractivity contribution in [3.05, 3.63) is 76.4 Å². The first-order chi connectivity index (χ1) is 14.2. The second-order valence-electron chi connectivity index (χ2n) is 6.46. The molecule has 0 saturated heterocycles. The lowest BCUT2D eigenvalue weighted by Crippen LogP contribution is -2.37. The van der Waals surface area contributed by atoms with Crippen molar-refractivity contribution in [2.45, 2.75) is 26.3 Å². The van der Waals surface area contributed by atoms with E-state index in [-0.39, 0.29) is 0 Å². The number of hydrogen-bond donors (Lipinski definition) is 2. The largest absolute Gasteiger partial charge is 0.357 e. The molecule has 0 saturated carbocycles. The number of aryl methyl sites for hydroxylation is 1. The number of aliphatic imine (C=N–C) groups is 1. The molecule has 1 aromatic carbocycles. The smallest absolute Gasteiger partial charge is 0.191 e. The van der Waals surface area contributed by atoms with Gasteiger partial charge in [-0.25, -0.2) is 15.0 Å². The van der Waals surface area contributed by atoms with E-state index in [1.54, 1.807) is 18.6 Å². The molecule has 0 fully saturated rings. The highest BCUT2D eigenvalue weighted by Gasteiger charge is 2.03. The Morgan fingerprint density at radius 3 is 2.76 bits per heavy atom. The molecule has 0 bridgehead atoms. The summed E-state index contributed by atoms with van der Waals surface area (Å²) >= 11 is 12.2. The zero-order valence-electron chi connectivity index (χ0n) is 16.3. The normalized spacial score (nSPS) is 11.5. The Kier molecular flexibility index (Phi) is 7.90. The molecule has 3 rings (SSSR count). The number of nitrogens with zero attached hydrogens (tertiary/aromatic N) is 4. The van der Waals surface area contributed by atoms with Gasteiger partial charge in [0.05, 0.1) is 6.54 Å². The van der Waals surface area contributed by atoms with Crippen molar-refractivity contribution in [2.75, 3.05) is 13.1 Å². The summed E-state index contributed by atoms with van der Waals surface area (Å²) in [7, 11) is 0. The summed E-state index contributed by atoms with van der Waals surface area (Å²) in [4.78, 5) is 13.1. The van der Waals surface area contributed by atoms with Gasteiger partial charge in [0, 0.05) is 41.7 Å². The van der Waals surface area contributed by atoms with Crippen molar-refractivity contribution in [1.82, 2.24) is 25.2 Å². The van der Waals surface area contributed by atoms with Gasteiger partial charge in [0.15, 0.2) is 5.96 Å². The average Bonchev–Trinajstić information content (AvgIpc) is 3.26. The zero-order chi connectivity index (χ0) is 20.5. The van der Waals surface area contributed by atoms with Crippen LogP contribution in [0.15, 0.2) is 60.2 Å². The van der Waals surface area contributed by atoms with Gasteiger partial charge in [0.25, 0.3) is 0 Å². The third-order valence-electron chi connectivity index (χ3n) is 4.27. The molecule has 0 unspecified atom stereocenters. The summed E-state index contributed by atoms with van der Waals surface area (Å²) in [5.74, 6) is 1.62. The van der Waals surface area contributed by atoms with Gasteiger partial charge in [-0.15, -0.1) is 0 Å². The Morgan fingerprint density at radius 1 is 1.17 bits per heavy atom. The third kappa shape index (κ3) is 6.48. The molecule has 0 amide bonds. The van der Waals surface area contributed by atoms with Gasteiger partial charge in [-0.2, -0.15) is 0 Å². The predicted octanol–water partition coefficient (Wildman–Crippen LogP) is 4.26. The quantitative estimate of drug-likeness (QED) is 0.318. The van der Waals surface area contributed by atoms with E-state index in [1.165, 1.54) is 0 Å². The molecule has 3 aromatic rings. The number of rotatable bonds is 8. The highest BCUT2D eigenvalue weighted by atomic mass is 35.5. The van der Waals surface area contributed by atoms with Gasteiger partial charge < -0.3 is 10.6 Å². The van der Waals surface area contributed by atoms with Crippen LogP contribution in [0.25, 0.3) is 5.82 Å². The lowest BCUT2D eigenvalue weighted by Gasteiger charge is -2.12. The first-order valence-corrected chi connectivity index (χ1v) is 10.3. The molecule has 152 valence electrons. The molecule has 0 atom stereocenters. The van der Waals surface area contributed by atoms with Crippen molar-refractivity contribution >= 4 is 29.2 Å². The molecule has 2 N–H and O–H groups in total. The second-order valence-corrected chi connectivity index (χ2v) is 7.30. The summed E-state index contributed by atoms with van der Waals surface area (Å²) < 4.78 is 1.87. The average molecular weight is 431 g/mol. The Hall–Kier alpha value is -2.57. The molecule has 2 aromatic heterocycles. The van der Waals surface area contributed by atoms with E-state index in [0.29, 0.717) is 16.6 Å². The molecule has 8 heteroatoms. The lowest BCUT2D eigenvalue weighted by molar-refractivity contribution is 0.743. The number of nitrogens with one attached hydrogen (secondary N) is 2. The number of hydrogen-bond acceptors (Lipinski definition) is 3. The fourth-order valence-electron chi connectivity index (χ4n) is 2.78. The molecule has 6 nitrogen and oxygen atoms in total. The van der Waals surface area contributed by atoms with Crippen LogP contribution in [-0.4, -0.2) is 33.6 Å². The molecular formula is C21H24Cl2N6. The van der Waals surface area contributed by atoms with E-state index in [2.05, 4.69) is 25.6 Å². The van der Waals surface area contributed by atoms with E-state index < -0.39 is 0 Å². The van der Waals surface area contributed by atoms with Gasteiger partial charge >= 0.3 is 0 Å². The minimum atomic E-state index is 0.551. The monoisotopic (exact) mass is 430 g/mol. The van der Waals surface area contributed by atoms with Gasteiger partial charge in [-0.1, -0.05) is 35.3 Å².